The Balaban J connectivity index is 1.47. The highest BCUT2D eigenvalue weighted by molar-refractivity contribution is 7.99. The third kappa shape index (κ3) is 5.55. The van der Waals surface area contributed by atoms with Crippen molar-refractivity contribution < 1.29 is 4.74 Å². The summed E-state index contributed by atoms with van der Waals surface area (Å²) in [6.45, 7) is 4.34. The first kappa shape index (κ1) is 20.3. The normalized spacial score (nSPS) is 20.4. The fourth-order valence-electron chi connectivity index (χ4n) is 4.26. The summed E-state index contributed by atoms with van der Waals surface area (Å²) >= 11 is 2.09. The van der Waals surface area contributed by atoms with Gasteiger partial charge in [-0.05, 0) is 37.0 Å². The fraction of sp³-hybridized carbons (Fsp3) is 0.667. The Bertz CT molecular complexity index is 593. The zero-order chi connectivity index (χ0) is 19.0. The summed E-state index contributed by atoms with van der Waals surface area (Å²) in [7, 11) is 3.56. The summed E-state index contributed by atoms with van der Waals surface area (Å²) < 4.78 is 5.22. The van der Waals surface area contributed by atoms with Gasteiger partial charge >= 0.3 is 0 Å². The average molecular weight is 391 g/mol. The van der Waals surface area contributed by atoms with Gasteiger partial charge in [-0.1, -0.05) is 25.0 Å². The minimum atomic E-state index is 0.328. The first-order chi connectivity index (χ1) is 13.3. The van der Waals surface area contributed by atoms with E-state index in [1.807, 2.05) is 19.2 Å². The zero-order valence-electron chi connectivity index (χ0n) is 16.8. The number of hydrogen-bond acceptors (Lipinski definition) is 4. The minimum Gasteiger partial charge on any atom is -0.497 e. The number of ether oxygens (including phenoxy) is 1. The predicted molar refractivity (Wildman–Crippen MR) is 116 cm³/mol. The van der Waals surface area contributed by atoms with Gasteiger partial charge in [0.05, 0.1) is 7.11 Å². The first-order valence-electron chi connectivity index (χ1n) is 10.2. The van der Waals surface area contributed by atoms with Crippen molar-refractivity contribution in [2.45, 2.75) is 37.6 Å². The molecule has 0 bridgehead atoms. The van der Waals surface area contributed by atoms with E-state index < -0.39 is 0 Å². The van der Waals surface area contributed by atoms with Gasteiger partial charge in [0, 0.05) is 50.3 Å². The van der Waals surface area contributed by atoms with Crippen LogP contribution in [0, 0.1) is 0 Å². The largest absolute Gasteiger partial charge is 0.497 e. The lowest BCUT2D eigenvalue weighted by atomic mass is 9.94. The minimum absolute atomic E-state index is 0.328. The lowest BCUT2D eigenvalue weighted by Gasteiger charge is -2.43. The van der Waals surface area contributed by atoms with E-state index in [-0.39, 0.29) is 0 Å². The van der Waals surface area contributed by atoms with E-state index in [9.17, 15) is 0 Å². The highest BCUT2D eigenvalue weighted by atomic mass is 32.2. The zero-order valence-corrected chi connectivity index (χ0v) is 17.6. The molecule has 0 spiro atoms. The number of nitrogens with zero attached hydrogens (tertiary/aromatic N) is 2. The number of guanidine groups is 1. The molecule has 1 aliphatic heterocycles. The molecule has 0 aromatic heterocycles. The van der Waals surface area contributed by atoms with Crippen LogP contribution in [0.4, 0.5) is 0 Å². The summed E-state index contributed by atoms with van der Waals surface area (Å²) in [5.41, 5.74) is 1.63. The van der Waals surface area contributed by atoms with Crippen LogP contribution in [0.2, 0.25) is 0 Å². The van der Waals surface area contributed by atoms with Crippen molar-refractivity contribution in [3.63, 3.8) is 0 Å². The number of benzene rings is 1. The van der Waals surface area contributed by atoms with Crippen LogP contribution in [0.25, 0.3) is 0 Å². The Morgan fingerprint density at radius 1 is 1.15 bits per heavy atom. The van der Waals surface area contributed by atoms with Gasteiger partial charge < -0.3 is 15.4 Å². The molecule has 150 valence electrons. The number of nitrogens with one attached hydrogen (secondary N) is 2. The topological polar surface area (TPSA) is 48.9 Å². The average Bonchev–Trinajstić information content (AvgIpc) is 3.22. The third-order valence-electron chi connectivity index (χ3n) is 5.89. The van der Waals surface area contributed by atoms with E-state index in [1.54, 1.807) is 7.11 Å². The Morgan fingerprint density at radius 3 is 2.48 bits per heavy atom. The van der Waals surface area contributed by atoms with E-state index in [1.165, 1.54) is 55.8 Å². The lowest BCUT2D eigenvalue weighted by molar-refractivity contribution is 0.107. The lowest BCUT2D eigenvalue weighted by Crippen LogP contribution is -2.57. The van der Waals surface area contributed by atoms with Crippen molar-refractivity contribution in [3.05, 3.63) is 29.8 Å². The van der Waals surface area contributed by atoms with E-state index in [0.29, 0.717) is 5.54 Å². The van der Waals surface area contributed by atoms with E-state index in [2.05, 4.69) is 44.4 Å². The Kier molecular flexibility index (Phi) is 7.70. The quantitative estimate of drug-likeness (QED) is 0.554. The molecule has 0 radical (unpaired) electrons. The van der Waals surface area contributed by atoms with Gasteiger partial charge in [-0.2, -0.15) is 11.8 Å². The summed E-state index contributed by atoms with van der Waals surface area (Å²) in [6, 6.07) is 8.28. The molecule has 2 N–H and O–H groups in total. The van der Waals surface area contributed by atoms with Crippen molar-refractivity contribution in [1.29, 1.82) is 0 Å². The smallest absolute Gasteiger partial charge is 0.191 e. The molecule has 6 heteroatoms. The van der Waals surface area contributed by atoms with Gasteiger partial charge in [-0.15, -0.1) is 0 Å². The highest BCUT2D eigenvalue weighted by Crippen LogP contribution is 2.36. The number of methoxy groups -OCH3 is 1. The number of thioether (sulfide) groups is 1. The van der Waals surface area contributed by atoms with Crippen LogP contribution in [0.5, 0.6) is 5.75 Å². The SMILES string of the molecule is CN=C(NCCc1ccc(OC)cc1)NCC1(N2CCSCC2)CCCC1. The molecule has 1 saturated carbocycles. The number of hydrogen-bond donors (Lipinski definition) is 2. The van der Waals surface area contributed by atoms with Crippen molar-refractivity contribution in [3.8, 4) is 5.75 Å². The molecule has 1 saturated heterocycles. The second-order valence-corrected chi connectivity index (χ2v) is 8.71. The van der Waals surface area contributed by atoms with Crippen LogP contribution in [0.15, 0.2) is 29.3 Å². The maximum Gasteiger partial charge on any atom is 0.191 e. The first-order valence-corrected chi connectivity index (χ1v) is 11.3. The van der Waals surface area contributed by atoms with Crippen molar-refractivity contribution in [1.82, 2.24) is 15.5 Å². The fourth-order valence-corrected chi connectivity index (χ4v) is 5.17. The summed E-state index contributed by atoms with van der Waals surface area (Å²) in [5.74, 6) is 4.37. The monoisotopic (exact) mass is 390 g/mol. The summed E-state index contributed by atoms with van der Waals surface area (Å²) in [4.78, 5) is 7.18. The van der Waals surface area contributed by atoms with Crippen LogP contribution in [0.1, 0.15) is 31.2 Å². The van der Waals surface area contributed by atoms with Crippen molar-refractivity contribution in [2.24, 2.45) is 4.99 Å². The van der Waals surface area contributed by atoms with Crippen LogP contribution in [-0.2, 0) is 6.42 Å². The molecule has 1 aromatic rings. The summed E-state index contributed by atoms with van der Waals surface area (Å²) in [5, 5.41) is 7.10. The second-order valence-electron chi connectivity index (χ2n) is 7.48. The molecular weight excluding hydrogens is 356 g/mol. The molecule has 27 heavy (non-hydrogen) atoms. The highest BCUT2D eigenvalue weighted by Gasteiger charge is 2.39. The molecule has 0 atom stereocenters. The van der Waals surface area contributed by atoms with Crippen LogP contribution in [-0.4, -0.2) is 68.2 Å². The number of rotatable bonds is 7. The van der Waals surface area contributed by atoms with Crippen LogP contribution in [0.3, 0.4) is 0 Å². The van der Waals surface area contributed by atoms with Gasteiger partial charge in [0.1, 0.15) is 5.75 Å². The van der Waals surface area contributed by atoms with Crippen molar-refractivity contribution >= 4 is 17.7 Å². The van der Waals surface area contributed by atoms with E-state index >= 15 is 0 Å². The Morgan fingerprint density at radius 2 is 1.85 bits per heavy atom. The third-order valence-corrected chi connectivity index (χ3v) is 6.83. The van der Waals surface area contributed by atoms with Crippen LogP contribution >= 0.6 is 11.8 Å². The standard InChI is InChI=1S/C21H34N4OS/c1-22-20(23-12-9-18-5-7-19(26-2)8-6-18)24-17-21(10-3-4-11-21)25-13-15-27-16-14-25/h5-8H,3-4,9-17H2,1-2H3,(H2,22,23,24). The molecule has 5 nitrogen and oxygen atoms in total. The number of aliphatic imine (C=N–C) groups is 1. The maximum absolute atomic E-state index is 5.22. The van der Waals surface area contributed by atoms with Gasteiger partial charge in [0.25, 0.3) is 0 Å². The van der Waals surface area contributed by atoms with Gasteiger partial charge in [0.15, 0.2) is 5.96 Å². The Labute approximate surface area is 168 Å². The van der Waals surface area contributed by atoms with Gasteiger partial charge in [0.2, 0.25) is 0 Å². The molecule has 1 heterocycles. The maximum atomic E-state index is 5.22. The van der Waals surface area contributed by atoms with Gasteiger partial charge in [-0.3, -0.25) is 9.89 Å². The Hall–Kier alpha value is -1.40. The van der Waals surface area contributed by atoms with Crippen molar-refractivity contribution in [2.75, 3.05) is 51.8 Å². The molecule has 0 unspecified atom stereocenters. The predicted octanol–water partition coefficient (Wildman–Crippen LogP) is 2.76. The van der Waals surface area contributed by atoms with Crippen LogP contribution < -0.4 is 15.4 Å². The molecule has 2 aliphatic rings. The molecule has 3 rings (SSSR count). The summed E-state index contributed by atoms with van der Waals surface area (Å²) in [6.07, 6.45) is 6.31. The molecule has 1 aliphatic carbocycles. The molecular formula is C21H34N4OS. The molecule has 1 aromatic carbocycles. The van der Waals surface area contributed by atoms with E-state index in [4.69, 9.17) is 4.74 Å². The van der Waals surface area contributed by atoms with E-state index in [0.717, 1.165) is 31.2 Å². The molecule has 2 fully saturated rings. The van der Waals surface area contributed by atoms with Gasteiger partial charge in [-0.25, -0.2) is 0 Å². The molecule has 0 amide bonds. The second kappa shape index (κ2) is 10.2.